The van der Waals surface area contributed by atoms with Crippen molar-refractivity contribution < 1.29 is 31.5 Å². The maximum atomic E-state index is 13.8. The van der Waals surface area contributed by atoms with Crippen molar-refractivity contribution in [2.45, 2.75) is 42.9 Å². The molecule has 0 unspecified atom stereocenters. The smallest absolute Gasteiger partial charge is 0.254 e. The summed E-state index contributed by atoms with van der Waals surface area (Å²) in [7, 11) is -2.41. The van der Waals surface area contributed by atoms with Gasteiger partial charge in [0.05, 0.1) is 43.4 Å². The van der Waals surface area contributed by atoms with Gasteiger partial charge in [0.1, 0.15) is 11.6 Å². The van der Waals surface area contributed by atoms with E-state index in [9.17, 15) is 22.0 Å². The number of carbonyl (C=O) groups excluding carboxylic acids is 1. The van der Waals surface area contributed by atoms with E-state index in [4.69, 9.17) is 9.47 Å². The molecule has 1 aliphatic heterocycles. The van der Waals surface area contributed by atoms with Gasteiger partial charge in [-0.05, 0) is 48.7 Å². The van der Waals surface area contributed by atoms with E-state index in [1.54, 1.807) is 4.57 Å². The quantitative estimate of drug-likeness (QED) is 0.374. The van der Waals surface area contributed by atoms with E-state index in [2.05, 4.69) is 4.98 Å². The van der Waals surface area contributed by atoms with Crippen LogP contribution in [0.1, 0.15) is 34.5 Å². The monoisotopic (exact) mass is 533 g/mol. The molecule has 1 amide bonds. The summed E-state index contributed by atoms with van der Waals surface area (Å²) >= 11 is 0. The van der Waals surface area contributed by atoms with Crippen LogP contribution in [-0.2, 0) is 38.2 Å². The Labute approximate surface area is 214 Å². The number of carbonyl (C=O) groups is 1. The lowest BCUT2D eigenvalue weighted by Gasteiger charge is -2.24. The van der Waals surface area contributed by atoms with Gasteiger partial charge in [-0.15, -0.1) is 0 Å². The predicted octanol–water partition coefficient (Wildman–Crippen LogP) is 3.60. The minimum absolute atomic E-state index is 0.0322. The van der Waals surface area contributed by atoms with E-state index >= 15 is 0 Å². The highest BCUT2D eigenvalue weighted by molar-refractivity contribution is 7.90. The van der Waals surface area contributed by atoms with Crippen LogP contribution in [0.15, 0.2) is 59.9 Å². The third kappa shape index (κ3) is 6.79. The van der Waals surface area contributed by atoms with Gasteiger partial charge in [0.2, 0.25) is 15.0 Å². The van der Waals surface area contributed by atoms with Crippen LogP contribution < -0.4 is 0 Å². The summed E-state index contributed by atoms with van der Waals surface area (Å²) < 4.78 is 66.4. The molecule has 1 aromatic heterocycles. The van der Waals surface area contributed by atoms with E-state index in [-0.39, 0.29) is 48.8 Å². The fraction of sp³-hybridized carbons (Fsp3) is 0.385. The zero-order valence-corrected chi connectivity index (χ0v) is 21.3. The minimum atomic E-state index is -3.91. The average Bonchev–Trinajstić information content (AvgIpc) is 3.53. The van der Waals surface area contributed by atoms with E-state index in [0.29, 0.717) is 17.9 Å². The summed E-state index contributed by atoms with van der Waals surface area (Å²) in [5.41, 5.74) is 1.09. The molecule has 37 heavy (non-hydrogen) atoms. The molecule has 11 heteroatoms. The molecule has 0 spiro atoms. The highest BCUT2D eigenvalue weighted by atomic mass is 32.2. The van der Waals surface area contributed by atoms with Crippen molar-refractivity contribution in [3.63, 3.8) is 0 Å². The van der Waals surface area contributed by atoms with Crippen LogP contribution in [0.4, 0.5) is 8.78 Å². The van der Waals surface area contributed by atoms with Crippen LogP contribution >= 0.6 is 0 Å². The number of halogens is 2. The van der Waals surface area contributed by atoms with Crippen LogP contribution in [0.5, 0.6) is 0 Å². The molecule has 0 radical (unpaired) electrons. The number of imidazole rings is 1. The number of methoxy groups -OCH3 is 1. The van der Waals surface area contributed by atoms with Crippen molar-refractivity contribution in [2.75, 3.05) is 26.9 Å². The van der Waals surface area contributed by atoms with Gasteiger partial charge in [0.15, 0.2) is 0 Å². The Hall–Kier alpha value is -3.15. The molecule has 1 atom stereocenters. The first-order valence-electron chi connectivity index (χ1n) is 11.9. The topological polar surface area (TPSA) is 90.7 Å². The Bertz CT molecular complexity index is 1320. The zero-order chi connectivity index (χ0) is 26.4. The number of rotatable bonds is 11. The lowest BCUT2D eigenvalue weighted by molar-refractivity contribution is 0.0668. The molecule has 1 saturated heterocycles. The first-order chi connectivity index (χ1) is 17.8. The number of hydrogen-bond acceptors (Lipinski definition) is 6. The van der Waals surface area contributed by atoms with Crippen LogP contribution in [0, 0.1) is 11.6 Å². The number of aromatic nitrogens is 2. The third-order valence-corrected chi connectivity index (χ3v) is 7.73. The standard InChI is InChI=1S/C26H29F2N3O5S/c1-35-13-11-30(25(32)20-4-2-5-22(28)14-20)16-23-15-29-26(31(23)17-24-6-3-12-36-24)37(33,34)18-19-7-9-21(27)10-8-19/h2,4-5,7-10,14-15,24H,3,6,11-13,16-18H2,1H3/t24-/m0/s1. The number of amides is 1. The Morgan fingerprint density at radius 1 is 1.19 bits per heavy atom. The molecule has 1 aliphatic rings. The summed E-state index contributed by atoms with van der Waals surface area (Å²) in [6.45, 7) is 1.31. The maximum Gasteiger partial charge on any atom is 0.254 e. The number of benzene rings is 2. The molecule has 0 N–H and O–H groups in total. The summed E-state index contributed by atoms with van der Waals surface area (Å²) in [4.78, 5) is 18.9. The Morgan fingerprint density at radius 3 is 2.65 bits per heavy atom. The Morgan fingerprint density at radius 2 is 1.97 bits per heavy atom. The molecule has 2 heterocycles. The normalized spacial score (nSPS) is 15.7. The molecule has 0 aliphatic carbocycles. The van der Waals surface area contributed by atoms with Gasteiger partial charge in [-0.25, -0.2) is 22.2 Å². The molecule has 198 valence electrons. The van der Waals surface area contributed by atoms with Crippen molar-refractivity contribution in [2.24, 2.45) is 0 Å². The van der Waals surface area contributed by atoms with Gasteiger partial charge in [-0.1, -0.05) is 18.2 Å². The highest BCUT2D eigenvalue weighted by Crippen LogP contribution is 2.23. The van der Waals surface area contributed by atoms with Gasteiger partial charge < -0.3 is 18.9 Å². The minimum Gasteiger partial charge on any atom is -0.383 e. The molecular formula is C26H29F2N3O5S. The van der Waals surface area contributed by atoms with Crippen LogP contribution in [0.25, 0.3) is 0 Å². The molecule has 8 nitrogen and oxygen atoms in total. The van der Waals surface area contributed by atoms with Crippen LogP contribution in [-0.4, -0.2) is 61.7 Å². The second-order valence-corrected chi connectivity index (χ2v) is 10.8. The van der Waals surface area contributed by atoms with Gasteiger partial charge in [-0.2, -0.15) is 0 Å². The maximum absolute atomic E-state index is 13.8. The second kappa shape index (κ2) is 11.9. The van der Waals surface area contributed by atoms with Crippen LogP contribution in [0.2, 0.25) is 0 Å². The first-order valence-corrected chi connectivity index (χ1v) is 13.6. The predicted molar refractivity (Wildman–Crippen MR) is 132 cm³/mol. The summed E-state index contributed by atoms with van der Waals surface area (Å²) in [6.07, 6.45) is 2.87. The van der Waals surface area contributed by atoms with E-state index < -0.39 is 27.4 Å². The first kappa shape index (κ1) is 26.9. The summed E-state index contributed by atoms with van der Waals surface area (Å²) in [5.74, 6) is -1.76. The summed E-state index contributed by atoms with van der Waals surface area (Å²) in [6, 6.07) is 10.7. The van der Waals surface area contributed by atoms with Gasteiger partial charge in [-0.3, -0.25) is 4.79 Å². The second-order valence-electron chi connectivity index (χ2n) is 8.89. The van der Waals surface area contributed by atoms with Crippen molar-refractivity contribution in [3.8, 4) is 0 Å². The molecule has 1 fully saturated rings. The Balaban J connectivity index is 1.66. The fourth-order valence-electron chi connectivity index (χ4n) is 4.27. The van der Waals surface area contributed by atoms with Crippen molar-refractivity contribution in [1.82, 2.24) is 14.5 Å². The Kier molecular flexibility index (Phi) is 8.67. The van der Waals surface area contributed by atoms with Crippen molar-refractivity contribution in [3.05, 3.63) is 83.2 Å². The molecule has 2 aromatic carbocycles. The average molecular weight is 534 g/mol. The largest absolute Gasteiger partial charge is 0.383 e. The molecule has 0 bridgehead atoms. The van der Waals surface area contributed by atoms with Gasteiger partial charge in [0.25, 0.3) is 5.91 Å². The number of hydrogen-bond donors (Lipinski definition) is 0. The lowest BCUT2D eigenvalue weighted by Crippen LogP contribution is -2.35. The van der Waals surface area contributed by atoms with Gasteiger partial charge in [0, 0.05) is 25.8 Å². The van der Waals surface area contributed by atoms with Crippen molar-refractivity contribution in [1.29, 1.82) is 0 Å². The van der Waals surface area contributed by atoms with Crippen molar-refractivity contribution >= 4 is 15.7 Å². The molecule has 0 saturated carbocycles. The third-order valence-electron chi connectivity index (χ3n) is 6.14. The van der Waals surface area contributed by atoms with E-state index in [1.165, 1.54) is 60.7 Å². The van der Waals surface area contributed by atoms with E-state index in [1.807, 2.05) is 0 Å². The summed E-state index contributed by atoms with van der Waals surface area (Å²) in [5, 5.41) is -0.146. The van der Waals surface area contributed by atoms with E-state index in [0.717, 1.165) is 18.9 Å². The fourth-order valence-corrected chi connectivity index (χ4v) is 5.77. The SMILES string of the molecule is COCCN(Cc1cnc(S(=O)(=O)Cc2ccc(F)cc2)n1C[C@@H]1CCCO1)C(=O)c1cccc(F)c1. The number of ether oxygens (including phenoxy) is 2. The lowest BCUT2D eigenvalue weighted by atomic mass is 10.2. The zero-order valence-electron chi connectivity index (χ0n) is 20.5. The van der Waals surface area contributed by atoms with Gasteiger partial charge >= 0.3 is 0 Å². The number of nitrogens with zero attached hydrogens (tertiary/aromatic N) is 3. The molecule has 3 aromatic rings. The molecular weight excluding hydrogens is 504 g/mol. The number of sulfone groups is 1. The molecule has 4 rings (SSSR count). The van der Waals surface area contributed by atoms with Crippen LogP contribution in [0.3, 0.4) is 0 Å². The highest BCUT2D eigenvalue weighted by Gasteiger charge is 2.28.